The van der Waals surface area contributed by atoms with Crippen molar-refractivity contribution in [1.82, 2.24) is 0 Å². The summed E-state index contributed by atoms with van der Waals surface area (Å²) in [7, 11) is 0. The highest BCUT2D eigenvalue weighted by Gasteiger charge is 2.38. The van der Waals surface area contributed by atoms with Gasteiger partial charge in [-0.1, -0.05) is 36.4 Å². The number of fused-ring (bicyclic) bond motifs is 1. The van der Waals surface area contributed by atoms with Crippen LogP contribution >= 0.6 is 23.5 Å². The number of carbonyl (C=O) groups excluding carboxylic acids is 1. The Morgan fingerprint density at radius 2 is 1.89 bits per heavy atom. The van der Waals surface area contributed by atoms with E-state index < -0.39 is 0 Å². The molecule has 4 rings (SSSR count). The molecule has 0 atom stereocenters. The van der Waals surface area contributed by atoms with Crippen molar-refractivity contribution >= 4 is 40.5 Å². The van der Waals surface area contributed by atoms with E-state index in [-0.39, 0.29) is 10.0 Å². The monoisotopic (exact) mass is 398 g/mol. The van der Waals surface area contributed by atoms with Gasteiger partial charge in [0.2, 0.25) is 0 Å². The molecule has 1 saturated heterocycles. The van der Waals surface area contributed by atoms with Crippen LogP contribution in [0.5, 0.6) is 0 Å². The second kappa shape index (κ2) is 7.64. The number of hydrogen-bond acceptors (Lipinski definition) is 5. The molecule has 3 aromatic rings. The summed E-state index contributed by atoms with van der Waals surface area (Å²) in [6, 6.07) is 16.9. The van der Waals surface area contributed by atoms with Gasteiger partial charge < -0.3 is 9.15 Å². The number of hydrogen-bond donors (Lipinski definition) is 0. The van der Waals surface area contributed by atoms with Crippen LogP contribution in [0, 0.1) is 6.92 Å². The molecule has 0 unspecified atom stereocenters. The largest absolute Gasteiger partial charge is 0.462 e. The van der Waals surface area contributed by atoms with Gasteiger partial charge in [0.25, 0.3) is 0 Å². The van der Waals surface area contributed by atoms with Gasteiger partial charge in [0.05, 0.1) is 10.7 Å². The molecule has 0 radical (unpaired) electrons. The van der Waals surface area contributed by atoms with E-state index in [1.807, 2.05) is 43.4 Å². The SMILES string of the molecule is CCOC(=O)c1c(C)oc2ccc(C3(Cc4ccccc4)SCCS3)cc12. The third kappa shape index (κ3) is 3.50. The predicted molar refractivity (Wildman–Crippen MR) is 114 cm³/mol. The average molecular weight is 399 g/mol. The first-order chi connectivity index (χ1) is 13.1. The molecule has 0 bridgehead atoms. The van der Waals surface area contributed by atoms with Crippen LogP contribution in [0.3, 0.4) is 0 Å². The molecule has 1 aromatic heterocycles. The molecule has 0 saturated carbocycles. The minimum Gasteiger partial charge on any atom is -0.462 e. The first-order valence-corrected chi connectivity index (χ1v) is 11.1. The zero-order chi connectivity index (χ0) is 18.9. The van der Waals surface area contributed by atoms with Gasteiger partial charge in [0.15, 0.2) is 0 Å². The number of esters is 1. The summed E-state index contributed by atoms with van der Waals surface area (Å²) in [5, 5.41) is 0.851. The third-order valence-electron chi connectivity index (χ3n) is 4.82. The molecule has 2 aromatic carbocycles. The maximum absolute atomic E-state index is 12.5. The normalized spacial score (nSPS) is 15.9. The summed E-state index contributed by atoms with van der Waals surface area (Å²) in [6.45, 7) is 4.00. The zero-order valence-electron chi connectivity index (χ0n) is 15.5. The molecule has 1 aliphatic rings. The molecule has 0 spiro atoms. The number of benzene rings is 2. The van der Waals surface area contributed by atoms with E-state index in [9.17, 15) is 4.79 Å². The highest BCUT2D eigenvalue weighted by atomic mass is 32.2. The van der Waals surface area contributed by atoms with E-state index in [0.717, 1.165) is 28.9 Å². The Kier molecular flexibility index (Phi) is 5.24. The number of furan rings is 1. The molecule has 3 nitrogen and oxygen atoms in total. The molecule has 2 heterocycles. The average Bonchev–Trinajstić information content (AvgIpc) is 3.26. The number of aryl methyl sites for hydroxylation is 1. The molecular weight excluding hydrogens is 376 g/mol. The summed E-state index contributed by atoms with van der Waals surface area (Å²) < 4.78 is 11.0. The Morgan fingerprint density at radius 1 is 1.15 bits per heavy atom. The van der Waals surface area contributed by atoms with E-state index in [2.05, 4.69) is 42.5 Å². The van der Waals surface area contributed by atoms with Gasteiger partial charge in [-0.25, -0.2) is 4.79 Å². The minimum absolute atomic E-state index is 0.0351. The smallest absolute Gasteiger partial charge is 0.342 e. The highest BCUT2D eigenvalue weighted by molar-refractivity contribution is 8.20. The van der Waals surface area contributed by atoms with Gasteiger partial charge in [-0.3, -0.25) is 0 Å². The summed E-state index contributed by atoms with van der Waals surface area (Å²) in [6.07, 6.45) is 0.959. The third-order valence-corrected chi connectivity index (χ3v) is 8.29. The van der Waals surface area contributed by atoms with Gasteiger partial charge in [0, 0.05) is 23.3 Å². The maximum atomic E-state index is 12.5. The van der Waals surface area contributed by atoms with Gasteiger partial charge in [-0.15, -0.1) is 23.5 Å². The fourth-order valence-electron chi connectivity index (χ4n) is 3.60. The van der Waals surface area contributed by atoms with Crippen molar-refractivity contribution in [2.24, 2.45) is 0 Å². The standard InChI is InChI=1S/C22H22O3S2/c1-3-24-21(23)20-15(2)25-19-10-9-17(13-18(19)20)22(26-11-12-27-22)14-16-7-5-4-6-8-16/h4-10,13H,3,11-12,14H2,1-2H3. The Morgan fingerprint density at radius 3 is 2.59 bits per heavy atom. The van der Waals surface area contributed by atoms with Gasteiger partial charge >= 0.3 is 5.97 Å². The number of thioether (sulfide) groups is 2. The Bertz CT molecular complexity index is 956. The molecular formula is C22H22O3S2. The van der Waals surface area contributed by atoms with Crippen molar-refractivity contribution in [2.75, 3.05) is 18.1 Å². The quantitative estimate of drug-likeness (QED) is 0.508. The van der Waals surface area contributed by atoms with Crippen molar-refractivity contribution in [1.29, 1.82) is 0 Å². The van der Waals surface area contributed by atoms with Crippen LogP contribution in [-0.4, -0.2) is 24.1 Å². The fraction of sp³-hybridized carbons (Fsp3) is 0.318. The second-order valence-electron chi connectivity index (χ2n) is 6.58. The summed E-state index contributed by atoms with van der Waals surface area (Å²) >= 11 is 3.99. The number of ether oxygens (including phenoxy) is 1. The van der Waals surface area contributed by atoms with Crippen LogP contribution in [0.1, 0.15) is 34.2 Å². The van der Waals surface area contributed by atoms with Gasteiger partial charge in [-0.05, 0) is 37.1 Å². The van der Waals surface area contributed by atoms with Crippen molar-refractivity contribution in [2.45, 2.75) is 24.3 Å². The molecule has 27 heavy (non-hydrogen) atoms. The van der Waals surface area contributed by atoms with Gasteiger partial charge in [-0.2, -0.15) is 0 Å². The molecule has 1 aliphatic heterocycles. The molecule has 0 N–H and O–H groups in total. The Labute approximate surface area is 167 Å². The zero-order valence-corrected chi connectivity index (χ0v) is 17.1. The van der Waals surface area contributed by atoms with Crippen LogP contribution < -0.4 is 0 Å². The van der Waals surface area contributed by atoms with E-state index in [1.54, 1.807) is 0 Å². The van der Waals surface area contributed by atoms with Crippen LogP contribution in [0.4, 0.5) is 0 Å². The number of carbonyl (C=O) groups is 1. The molecule has 5 heteroatoms. The summed E-state index contributed by atoms with van der Waals surface area (Å²) in [4.78, 5) is 12.5. The van der Waals surface area contributed by atoms with Crippen LogP contribution in [0.2, 0.25) is 0 Å². The number of rotatable bonds is 5. The first kappa shape index (κ1) is 18.5. The lowest BCUT2D eigenvalue weighted by atomic mass is 10.0. The second-order valence-corrected chi connectivity index (χ2v) is 9.62. The van der Waals surface area contributed by atoms with Crippen molar-refractivity contribution < 1.29 is 13.9 Å². The van der Waals surface area contributed by atoms with E-state index in [4.69, 9.17) is 9.15 Å². The van der Waals surface area contributed by atoms with Crippen LogP contribution in [0.15, 0.2) is 52.9 Å². The van der Waals surface area contributed by atoms with E-state index >= 15 is 0 Å². The van der Waals surface area contributed by atoms with Crippen molar-refractivity contribution in [3.63, 3.8) is 0 Å². The first-order valence-electron chi connectivity index (χ1n) is 9.15. The molecule has 1 fully saturated rings. The van der Waals surface area contributed by atoms with Crippen molar-refractivity contribution in [3.8, 4) is 0 Å². The van der Waals surface area contributed by atoms with Crippen molar-refractivity contribution in [3.05, 3.63) is 71.0 Å². The topological polar surface area (TPSA) is 39.4 Å². The lowest BCUT2D eigenvalue weighted by molar-refractivity contribution is 0.0526. The Hall–Kier alpha value is -1.85. The summed E-state index contributed by atoms with van der Waals surface area (Å²) in [5.41, 5.74) is 3.85. The summed E-state index contributed by atoms with van der Waals surface area (Å²) in [5.74, 6) is 2.56. The molecule has 0 amide bonds. The predicted octanol–water partition coefficient (Wildman–Crippen LogP) is 5.79. The lowest BCUT2D eigenvalue weighted by Gasteiger charge is -2.28. The highest BCUT2D eigenvalue weighted by Crippen LogP contribution is 2.54. The Balaban J connectivity index is 1.79. The van der Waals surface area contributed by atoms with Crippen LogP contribution in [-0.2, 0) is 15.2 Å². The maximum Gasteiger partial charge on any atom is 0.342 e. The minimum atomic E-state index is -0.310. The van der Waals surface area contributed by atoms with Gasteiger partial charge in [0.1, 0.15) is 16.9 Å². The molecule has 140 valence electrons. The molecule has 0 aliphatic carbocycles. The lowest BCUT2D eigenvalue weighted by Crippen LogP contribution is -2.18. The van der Waals surface area contributed by atoms with Crippen LogP contribution in [0.25, 0.3) is 11.0 Å². The fourth-order valence-corrected chi connectivity index (χ4v) is 6.89. The van der Waals surface area contributed by atoms with E-state index in [0.29, 0.717) is 17.9 Å². The van der Waals surface area contributed by atoms with E-state index in [1.165, 1.54) is 11.1 Å².